The number of aryl methyl sites for hydroxylation is 1. The van der Waals surface area contributed by atoms with E-state index in [1.165, 1.54) is 11.1 Å². The van der Waals surface area contributed by atoms with E-state index in [1.807, 2.05) is 13.0 Å². The highest BCUT2D eigenvalue weighted by Crippen LogP contribution is 2.30. The minimum atomic E-state index is 0.522. The number of halogens is 1. The first-order valence-corrected chi connectivity index (χ1v) is 6.68. The zero-order valence-electron chi connectivity index (χ0n) is 9.70. The van der Waals surface area contributed by atoms with Gasteiger partial charge in [0, 0.05) is 22.3 Å². The minimum absolute atomic E-state index is 0.522. The topological polar surface area (TPSA) is 37.8 Å². The quantitative estimate of drug-likeness (QED) is 0.878. The van der Waals surface area contributed by atoms with Crippen molar-refractivity contribution in [2.45, 2.75) is 19.3 Å². The molecule has 1 N–H and O–H groups in total. The minimum Gasteiger partial charge on any atom is -0.316 e. The summed E-state index contributed by atoms with van der Waals surface area (Å²) in [5.41, 5.74) is 2.22. The Labute approximate surface area is 109 Å². The molecular weight excluding hydrogens is 278 g/mol. The standard InChI is InChI=1S/C13H14BrN3/c1-8-16-12(9-5-6-15-7-9)10-3-2-4-11(14)13(10)17-8/h2-4,9,15H,5-7H2,1H3. The second-order valence-electron chi connectivity index (χ2n) is 4.48. The third kappa shape index (κ3) is 1.96. The molecule has 1 unspecified atom stereocenters. The normalized spacial score (nSPS) is 20.0. The number of aromatic nitrogens is 2. The first-order valence-electron chi connectivity index (χ1n) is 5.89. The van der Waals surface area contributed by atoms with Crippen LogP contribution in [0.5, 0.6) is 0 Å². The van der Waals surface area contributed by atoms with Crippen LogP contribution in [0.1, 0.15) is 23.9 Å². The summed E-state index contributed by atoms with van der Waals surface area (Å²) in [5.74, 6) is 1.37. The van der Waals surface area contributed by atoms with Crippen molar-refractivity contribution >= 4 is 26.8 Å². The fourth-order valence-corrected chi connectivity index (χ4v) is 2.91. The van der Waals surface area contributed by atoms with Crippen molar-refractivity contribution in [1.82, 2.24) is 15.3 Å². The second kappa shape index (κ2) is 4.35. The molecule has 1 aromatic heterocycles. The molecule has 17 heavy (non-hydrogen) atoms. The fourth-order valence-electron chi connectivity index (χ4n) is 2.46. The third-order valence-electron chi connectivity index (χ3n) is 3.27. The van der Waals surface area contributed by atoms with Gasteiger partial charge in [0.05, 0.1) is 11.2 Å². The van der Waals surface area contributed by atoms with Crippen molar-refractivity contribution in [2.75, 3.05) is 13.1 Å². The Hall–Kier alpha value is -1.00. The lowest BCUT2D eigenvalue weighted by molar-refractivity contribution is 0.735. The molecule has 4 heteroatoms. The monoisotopic (exact) mass is 291 g/mol. The van der Waals surface area contributed by atoms with Crippen LogP contribution in [0.2, 0.25) is 0 Å². The van der Waals surface area contributed by atoms with E-state index in [0.29, 0.717) is 5.92 Å². The predicted molar refractivity (Wildman–Crippen MR) is 72.2 cm³/mol. The van der Waals surface area contributed by atoms with Crippen LogP contribution in [-0.4, -0.2) is 23.1 Å². The lowest BCUT2D eigenvalue weighted by Crippen LogP contribution is -2.10. The van der Waals surface area contributed by atoms with Crippen LogP contribution in [-0.2, 0) is 0 Å². The maximum Gasteiger partial charge on any atom is 0.126 e. The molecule has 0 saturated carbocycles. The maximum absolute atomic E-state index is 4.65. The molecule has 3 rings (SSSR count). The van der Waals surface area contributed by atoms with Gasteiger partial charge in [0.2, 0.25) is 0 Å². The molecule has 1 aliphatic heterocycles. The molecule has 0 spiro atoms. The lowest BCUT2D eigenvalue weighted by atomic mass is 10.00. The Morgan fingerprint density at radius 2 is 2.24 bits per heavy atom. The smallest absolute Gasteiger partial charge is 0.126 e. The van der Waals surface area contributed by atoms with Crippen molar-refractivity contribution in [3.05, 3.63) is 34.2 Å². The molecule has 3 nitrogen and oxygen atoms in total. The summed E-state index contributed by atoms with van der Waals surface area (Å²) in [6.45, 7) is 4.08. The molecule has 1 saturated heterocycles. The third-order valence-corrected chi connectivity index (χ3v) is 3.91. The summed E-state index contributed by atoms with van der Waals surface area (Å²) in [6, 6.07) is 6.20. The van der Waals surface area contributed by atoms with Crippen molar-refractivity contribution < 1.29 is 0 Å². The fraction of sp³-hybridized carbons (Fsp3) is 0.385. The summed E-state index contributed by atoms with van der Waals surface area (Å²) in [6.07, 6.45) is 1.16. The molecule has 2 heterocycles. The summed E-state index contributed by atoms with van der Waals surface area (Å²) < 4.78 is 1.05. The number of benzene rings is 1. The van der Waals surface area contributed by atoms with Crippen LogP contribution >= 0.6 is 15.9 Å². The van der Waals surface area contributed by atoms with Gasteiger partial charge in [-0.25, -0.2) is 9.97 Å². The van der Waals surface area contributed by atoms with Gasteiger partial charge in [0.25, 0.3) is 0 Å². The van der Waals surface area contributed by atoms with Gasteiger partial charge in [-0.2, -0.15) is 0 Å². The van der Waals surface area contributed by atoms with Gasteiger partial charge in [0.1, 0.15) is 5.82 Å². The lowest BCUT2D eigenvalue weighted by Gasteiger charge is -2.12. The van der Waals surface area contributed by atoms with Gasteiger partial charge in [-0.3, -0.25) is 0 Å². The van der Waals surface area contributed by atoms with Crippen molar-refractivity contribution in [3.63, 3.8) is 0 Å². The average Bonchev–Trinajstić information content (AvgIpc) is 2.83. The molecule has 1 fully saturated rings. The van der Waals surface area contributed by atoms with Crippen LogP contribution in [0.15, 0.2) is 22.7 Å². The van der Waals surface area contributed by atoms with E-state index in [9.17, 15) is 0 Å². The van der Waals surface area contributed by atoms with Crippen LogP contribution in [0, 0.1) is 6.92 Å². The van der Waals surface area contributed by atoms with Crippen molar-refractivity contribution in [1.29, 1.82) is 0 Å². The van der Waals surface area contributed by atoms with E-state index in [0.717, 1.165) is 35.3 Å². The molecule has 0 radical (unpaired) electrons. The van der Waals surface area contributed by atoms with E-state index in [4.69, 9.17) is 0 Å². The van der Waals surface area contributed by atoms with Crippen LogP contribution in [0.3, 0.4) is 0 Å². The van der Waals surface area contributed by atoms with E-state index < -0.39 is 0 Å². The van der Waals surface area contributed by atoms with Gasteiger partial charge in [-0.15, -0.1) is 0 Å². The number of fused-ring (bicyclic) bond motifs is 1. The highest BCUT2D eigenvalue weighted by molar-refractivity contribution is 9.10. The van der Waals surface area contributed by atoms with Crippen molar-refractivity contribution in [3.8, 4) is 0 Å². The first kappa shape index (κ1) is 11.1. The Kier molecular flexibility index (Phi) is 2.84. The number of hydrogen-bond donors (Lipinski definition) is 1. The average molecular weight is 292 g/mol. The Morgan fingerprint density at radius 1 is 1.35 bits per heavy atom. The molecule has 1 atom stereocenters. The predicted octanol–water partition coefficient (Wildman–Crippen LogP) is 2.78. The van der Waals surface area contributed by atoms with Crippen LogP contribution < -0.4 is 5.32 Å². The summed E-state index contributed by atoms with van der Waals surface area (Å²) in [4.78, 5) is 9.18. The number of rotatable bonds is 1. The maximum atomic E-state index is 4.65. The van der Waals surface area contributed by atoms with Crippen LogP contribution in [0.4, 0.5) is 0 Å². The number of nitrogens with one attached hydrogen (secondary N) is 1. The summed E-state index contributed by atoms with van der Waals surface area (Å²) in [5, 5.41) is 4.58. The first-order chi connectivity index (χ1) is 8.25. The number of nitrogens with zero attached hydrogens (tertiary/aromatic N) is 2. The highest BCUT2D eigenvalue weighted by Gasteiger charge is 2.21. The molecule has 2 aromatic rings. The summed E-state index contributed by atoms with van der Waals surface area (Å²) in [7, 11) is 0. The van der Waals surface area contributed by atoms with Gasteiger partial charge in [-0.05, 0) is 41.9 Å². The van der Waals surface area contributed by atoms with Crippen LogP contribution in [0.25, 0.3) is 10.9 Å². The van der Waals surface area contributed by atoms with E-state index in [1.54, 1.807) is 0 Å². The zero-order chi connectivity index (χ0) is 11.8. The summed E-state index contributed by atoms with van der Waals surface area (Å²) >= 11 is 3.57. The molecular formula is C13H14BrN3. The highest BCUT2D eigenvalue weighted by atomic mass is 79.9. The van der Waals surface area contributed by atoms with Gasteiger partial charge < -0.3 is 5.32 Å². The Morgan fingerprint density at radius 3 is 3.00 bits per heavy atom. The largest absolute Gasteiger partial charge is 0.316 e. The second-order valence-corrected chi connectivity index (χ2v) is 5.34. The molecule has 1 aromatic carbocycles. The molecule has 0 aliphatic carbocycles. The van der Waals surface area contributed by atoms with Gasteiger partial charge in [-0.1, -0.05) is 12.1 Å². The molecule has 1 aliphatic rings. The number of hydrogen-bond acceptors (Lipinski definition) is 3. The number of para-hydroxylation sites is 1. The molecule has 88 valence electrons. The van der Waals surface area contributed by atoms with Gasteiger partial charge in [0.15, 0.2) is 0 Å². The zero-order valence-corrected chi connectivity index (χ0v) is 11.3. The van der Waals surface area contributed by atoms with E-state index in [-0.39, 0.29) is 0 Å². The van der Waals surface area contributed by atoms with Gasteiger partial charge >= 0.3 is 0 Å². The Balaban J connectivity index is 2.25. The molecule has 0 amide bonds. The van der Waals surface area contributed by atoms with E-state index in [2.05, 4.69) is 43.3 Å². The SMILES string of the molecule is Cc1nc(C2CCNC2)c2cccc(Br)c2n1. The Bertz CT molecular complexity index is 562. The van der Waals surface area contributed by atoms with E-state index >= 15 is 0 Å². The van der Waals surface area contributed by atoms with Crippen molar-refractivity contribution in [2.24, 2.45) is 0 Å². The molecule has 0 bridgehead atoms.